The van der Waals surface area contributed by atoms with Gasteiger partial charge in [0.05, 0.1) is 0 Å². The fourth-order valence-electron chi connectivity index (χ4n) is 1.02. The lowest BCUT2D eigenvalue weighted by atomic mass is 9.95. The number of rotatable bonds is 2. The zero-order valence-electron chi connectivity index (χ0n) is 7.42. The number of benzene rings is 1. The van der Waals surface area contributed by atoms with Crippen LogP contribution in [0.1, 0.15) is 12.5 Å². The lowest BCUT2D eigenvalue weighted by Crippen LogP contribution is -2.38. The minimum Gasteiger partial charge on any atom is -0.375 e. The summed E-state index contributed by atoms with van der Waals surface area (Å²) in [5.41, 5.74) is 3.50. The van der Waals surface area contributed by atoms with Crippen molar-refractivity contribution >= 4 is 29.1 Å². The summed E-state index contributed by atoms with van der Waals surface area (Å²) in [5.74, 6) is -0.860. The second-order valence-corrected chi connectivity index (χ2v) is 3.90. The molecule has 0 heterocycles. The molecule has 0 aliphatic heterocycles. The Morgan fingerprint density at radius 1 is 1.50 bits per heavy atom. The molecule has 0 fully saturated rings. The van der Waals surface area contributed by atoms with Crippen molar-refractivity contribution in [2.24, 2.45) is 5.73 Å². The van der Waals surface area contributed by atoms with Crippen LogP contribution in [0.3, 0.4) is 0 Å². The van der Waals surface area contributed by atoms with Crippen molar-refractivity contribution in [3.63, 3.8) is 0 Å². The molecule has 1 unspecified atom stereocenters. The van der Waals surface area contributed by atoms with Gasteiger partial charge in [-0.2, -0.15) is 0 Å². The van der Waals surface area contributed by atoms with Gasteiger partial charge in [0.25, 0.3) is 5.91 Å². The predicted molar refractivity (Wildman–Crippen MR) is 55.2 cm³/mol. The molecule has 1 amide bonds. The van der Waals surface area contributed by atoms with Crippen LogP contribution in [0.15, 0.2) is 18.2 Å². The van der Waals surface area contributed by atoms with Gasteiger partial charge in [0.1, 0.15) is 0 Å². The van der Waals surface area contributed by atoms with Crippen LogP contribution >= 0.6 is 23.2 Å². The Hall–Kier alpha value is -0.770. The number of amides is 1. The normalized spacial score (nSPS) is 14.9. The average molecular weight is 234 g/mol. The summed E-state index contributed by atoms with van der Waals surface area (Å²) in [6.45, 7) is 1.28. The second kappa shape index (κ2) is 3.77. The van der Waals surface area contributed by atoms with Crippen molar-refractivity contribution in [1.82, 2.24) is 0 Å². The van der Waals surface area contributed by atoms with Gasteiger partial charge in [0.15, 0.2) is 5.60 Å². The van der Waals surface area contributed by atoms with Crippen molar-refractivity contribution in [1.29, 1.82) is 0 Å². The van der Waals surface area contributed by atoms with Crippen molar-refractivity contribution in [3.8, 4) is 0 Å². The van der Waals surface area contributed by atoms with E-state index in [-0.39, 0.29) is 10.6 Å². The third-order valence-electron chi connectivity index (χ3n) is 1.94. The highest BCUT2D eigenvalue weighted by molar-refractivity contribution is 6.35. The Labute approximate surface area is 91.4 Å². The summed E-state index contributed by atoms with van der Waals surface area (Å²) in [7, 11) is 0. The minimum absolute atomic E-state index is 0.210. The number of hydrogen-bond acceptors (Lipinski definition) is 2. The summed E-state index contributed by atoms with van der Waals surface area (Å²) in [6.07, 6.45) is 0. The Balaban J connectivity index is 3.26. The van der Waals surface area contributed by atoms with Crippen LogP contribution < -0.4 is 5.73 Å². The maximum atomic E-state index is 10.9. The number of carbonyl (C=O) groups is 1. The maximum absolute atomic E-state index is 10.9. The third kappa shape index (κ3) is 2.00. The van der Waals surface area contributed by atoms with E-state index < -0.39 is 11.5 Å². The monoisotopic (exact) mass is 233 g/mol. The molecule has 76 valence electrons. The van der Waals surface area contributed by atoms with Gasteiger partial charge in [-0.25, -0.2) is 0 Å². The van der Waals surface area contributed by atoms with Crippen molar-refractivity contribution in [3.05, 3.63) is 33.8 Å². The zero-order chi connectivity index (χ0) is 10.9. The molecule has 14 heavy (non-hydrogen) atoms. The molecule has 1 atom stereocenters. The molecule has 3 nitrogen and oxygen atoms in total. The molecule has 3 N–H and O–H groups in total. The molecule has 0 bridgehead atoms. The molecule has 0 saturated carbocycles. The van der Waals surface area contributed by atoms with Crippen LogP contribution in [0.25, 0.3) is 0 Å². The quantitative estimate of drug-likeness (QED) is 0.817. The highest BCUT2D eigenvalue weighted by Gasteiger charge is 2.32. The van der Waals surface area contributed by atoms with E-state index in [0.29, 0.717) is 5.02 Å². The van der Waals surface area contributed by atoms with E-state index in [2.05, 4.69) is 0 Å². The first-order valence-corrected chi connectivity index (χ1v) is 4.59. The maximum Gasteiger partial charge on any atom is 0.253 e. The van der Waals surface area contributed by atoms with Crippen LogP contribution in [-0.4, -0.2) is 11.0 Å². The smallest absolute Gasteiger partial charge is 0.253 e. The largest absolute Gasteiger partial charge is 0.375 e. The summed E-state index contributed by atoms with van der Waals surface area (Å²) in [6, 6.07) is 4.44. The third-order valence-corrected chi connectivity index (χ3v) is 2.48. The number of nitrogens with two attached hydrogens (primary N) is 1. The average Bonchev–Trinajstić information content (AvgIpc) is 2.02. The van der Waals surface area contributed by atoms with E-state index in [1.165, 1.54) is 25.1 Å². The van der Waals surface area contributed by atoms with Gasteiger partial charge in [0.2, 0.25) is 0 Å². The van der Waals surface area contributed by atoms with Gasteiger partial charge in [-0.3, -0.25) is 4.79 Å². The first-order chi connectivity index (χ1) is 6.35. The fraction of sp³-hybridized carbons (Fsp3) is 0.222. The van der Waals surface area contributed by atoms with Gasteiger partial charge in [-0.15, -0.1) is 0 Å². The molecule has 0 spiro atoms. The lowest BCUT2D eigenvalue weighted by Gasteiger charge is -2.20. The van der Waals surface area contributed by atoms with Gasteiger partial charge >= 0.3 is 0 Å². The van der Waals surface area contributed by atoms with Crippen LogP contribution in [0.2, 0.25) is 10.0 Å². The molecule has 0 aromatic heterocycles. The number of aliphatic hydroxyl groups is 1. The molecule has 1 rings (SSSR count). The molecule has 5 heteroatoms. The second-order valence-electron chi connectivity index (χ2n) is 3.06. The number of carbonyl (C=O) groups excluding carboxylic acids is 1. The minimum atomic E-state index is -1.78. The van der Waals surface area contributed by atoms with E-state index >= 15 is 0 Å². The summed E-state index contributed by atoms with van der Waals surface area (Å²) in [4.78, 5) is 10.9. The van der Waals surface area contributed by atoms with Gasteiger partial charge in [-0.1, -0.05) is 29.3 Å². The Bertz CT molecular complexity index is 377. The molecule has 1 aromatic carbocycles. The summed E-state index contributed by atoms with van der Waals surface area (Å²) in [5, 5.41) is 10.4. The summed E-state index contributed by atoms with van der Waals surface area (Å²) < 4.78 is 0. The highest BCUT2D eigenvalue weighted by Crippen LogP contribution is 2.29. The molecular formula is C9H9Cl2NO2. The molecule has 1 aromatic rings. The fourth-order valence-corrected chi connectivity index (χ4v) is 1.61. The van der Waals surface area contributed by atoms with Crippen molar-refractivity contribution in [2.45, 2.75) is 12.5 Å². The van der Waals surface area contributed by atoms with E-state index in [4.69, 9.17) is 28.9 Å². The van der Waals surface area contributed by atoms with Crippen molar-refractivity contribution in [2.75, 3.05) is 0 Å². The Morgan fingerprint density at radius 2 is 2.07 bits per heavy atom. The Kier molecular flexibility index (Phi) is 3.04. The SMILES string of the molecule is CC(O)(C(N)=O)c1ccc(Cl)cc1Cl. The topological polar surface area (TPSA) is 63.3 Å². The molecule has 0 aliphatic rings. The number of primary amides is 1. The van der Waals surface area contributed by atoms with Crippen LogP contribution in [0.5, 0.6) is 0 Å². The van der Waals surface area contributed by atoms with Crippen LogP contribution in [0, 0.1) is 0 Å². The first kappa shape index (κ1) is 11.3. The number of halogens is 2. The lowest BCUT2D eigenvalue weighted by molar-refractivity contribution is -0.135. The van der Waals surface area contributed by atoms with Crippen LogP contribution in [-0.2, 0) is 10.4 Å². The van der Waals surface area contributed by atoms with E-state index in [0.717, 1.165) is 0 Å². The molecule has 0 saturated heterocycles. The van der Waals surface area contributed by atoms with Gasteiger partial charge in [0, 0.05) is 15.6 Å². The first-order valence-electron chi connectivity index (χ1n) is 3.83. The van der Waals surface area contributed by atoms with Crippen molar-refractivity contribution < 1.29 is 9.90 Å². The van der Waals surface area contributed by atoms with Crippen LogP contribution in [0.4, 0.5) is 0 Å². The highest BCUT2D eigenvalue weighted by atomic mass is 35.5. The van der Waals surface area contributed by atoms with E-state index in [1.807, 2.05) is 0 Å². The van der Waals surface area contributed by atoms with Gasteiger partial charge < -0.3 is 10.8 Å². The zero-order valence-corrected chi connectivity index (χ0v) is 8.93. The summed E-state index contributed by atoms with van der Waals surface area (Å²) >= 11 is 11.5. The van der Waals surface area contributed by atoms with E-state index in [9.17, 15) is 9.90 Å². The molecule has 0 aliphatic carbocycles. The molecular weight excluding hydrogens is 225 g/mol. The standard InChI is InChI=1S/C9H9Cl2NO2/c1-9(14,8(12)13)6-3-2-5(10)4-7(6)11/h2-4,14H,1H3,(H2,12,13). The Morgan fingerprint density at radius 3 is 2.50 bits per heavy atom. The van der Waals surface area contributed by atoms with Gasteiger partial charge in [-0.05, 0) is 19.1 Å². The van der Waals surface area contributed by atoms with E-state index in [1.54, 1.807) is 0 Å². The predicted octanol–water partition coefficient (Wildman–Crippen LogP) is 1.69. The number of hydrogen-bond donors (Lipinski definition) is 2. The molecule has 0 radical (unpaired) electrons.